The van der Waals surface area contributed by atoms with Crippen molar-refractivity contribution in [3.8, 4) is 5.75 Å². The largest absolute Gasteiger partial charge is 0.497 e. The van der Waals surface area contributed by atoms with Gasteiger partial charge in [0.1, 0.15) is 18.1 Å². The quantitative estimate of drug-likeness (QED) is 0.128. The molecule has 3 rings (SSSR count). The van der Waals surface area contributed by atoms with E-state index in [0.29, 0.717) is 6.54 Å². The van der Waals surface area contributed by atoms with Gasteiger partial charge >= 0.3 is 0 Å². The minimum absolute atomic E-state index is 0. The average molecular weight is 567 g/mol. The first kappa shape index (κ1) is 26.0. The van der Waals surface area contributed by atoms with Gasteiger partial charge in [-0.15, -0.1) is 45.9 Å². The van der Waals surface area contributed by atoms with Crippen LogP contribution in [0.25, 0.3) is 0 Å². The number of guanidine groups is 1. The number of hydrogen-bond acceptors (Lipinski definition) is 5. The minimum atomic E-state index is 0. The number of nitrogens with one attached hydrogen (secondary N) is 2. The van der Waals surface area contributed by atoms with E-state index in [1.165, 1.54) is 10.5 Å². The Morgan fingerprint density at radius 3 is 2.41 bits per heavy atom. The van der Waals surface area contributed by atoms with Crippen LogP contribution in [0.2, 0.25) is 0 Å². The molecule has 3 aromatic rings. The van der Waals surface area contributed by atoms with Crippen LogP contribution in [0.4, 0.5) is 0 Å². The van der Waals surface area contributed by atoms with Gasteiger partial charge in [-0.25, -0.2) is 4.99 Å². The van der Waals surface area contributed by atoms with Gasteiger partial charge < -0.3 is 19.9 Å². The van der Waals surface area contributed by atoms with Crippen LogP contribution in [0.1, 0.15) is 17.2 Å². The van der Waals surface area contributed by atoms with Gasteiger partial charge in [0.05, 0.1) is 7.11 Å². The molecule has 0 unspecified atom stereocenters. The molecule has 1 aromatic heterocycles. The highest BCUT2D eigenvalue weighted by Crippen LogP contribution is 2.15. The number of aromatic nitrogens is 3. The van der Waals surface area contributed by atoms with Crippen LogP contribution < -0.4 is 15.4 Å². The van der Waals surface area contributed by atoms with E-state index in [4.69, 9.17) is 9.73 Å². The molecule has 2 aromatic carbocycles. The van der Waals surface area contributed by atoms with Crippen LogP contribution in [0.3, 0.4) is 0 Å². The second-order valence-corrected chi connectivity index (χ2v) is 8.17. The van der Waals surface area contributed by atoms with Crippen molar-refractivity contribution in [2.45, 2.75) is 24.8 Å². The van der Waals surface area contributed by atoms with Gasteiger partial charge in [0.2, 0.25) is 0 Å². The highest BCUT2D eigenvalue weighted by Gasteiger charge is 2.05. The topological polar surface area (TPSA) is 76.4 Å². The van der Waals surface area contributed by atoms with Gasteiger partial charge in [0, 0.05) is 30.8 Å². The summed E-state index contributed by atoms with van der Waals surface area (Å²) in [5.41, 5.74) is 1.25. The lowest BCUT2D eigenvalue weighted by molar-refractivity contribution is 0.414. The van der Waals surface area contributed by atoms with Gasteiger partial charge in [-0.05, 0) is 43.2 Å². The first-order chi connectivity index (χ1) is 15.2. The maximum absolute atomic E-state index is 5.22. The molecule has 2 N–H and O–H groups in total. The van der Waals surface area contributed by atoms with Crippen LogP contribution in [0.15, 0.2) is 64.5 Å². The third-order valence-electron chi connectivity index (χ3n) is 4.83. The molecule has 0 aliphatic rings. The highest BCUT2D eigenvalue weighted by molar-refractivity contribution is 14.0. The van der Waals surface area contributed by atoms with Crippen molar-refractivity contribution < 1.29 is 4.74 Å². The van der Waals surface area contributed by atoms with Gasteiger partial charge in [0.25, 0.3) is 0 Å². The second-order valence-electron chi connectivity index (χ2n) is 7.00. The van der Waals surface area contributed by atoms with Gasteiger partial charge in [-0.3, -0.25) is 0 Å². The van der Waals surface area contributed by atoms with Crippen molar-refractivity contribution in [2.75, 3.05) is 26.0 Å². The number of halogens is 1. The third-order valence-corrected chi connectivity index (χ3v) is 5.85. The van der Waals surface area contributed by atoms with Gasteiger partial charge in [-0.1, -0.05) is 30.3 Å². The zero-order valence-corrected chi connectivity index (χ0v) is 21.9. The van der Waals surface area contributed by atoms with Crippen LogP contribution in [-0.2, 0) is 20.0 Å². The Balaban J connectivity index is 0.00000363. The van der Waals surface area contributed by atoms with Crippen molar-refractivity contribution in [1.82, 2.24) is 25.4 Å². The number of ether oxygens (including phenoxy) is 1. The lowest BCUT2D eigenvalue weighted by Gasteiger charge is -2.13. The molecule has 32 heavy (non-hydrogen) atoms. The van der Waals surface area contributed by atoms with E-state index in [1.54, 1.807) is 7.11 Å². The predicted octanol–water partition coefficient (Wildman–Crippen LogP) is 3.82. The fraction of sp³-hybridized carbons (Fsp3) is 0.348. The molecule has 0 aliphatic heterocycles. The molecule has 0 aliphatic carbocycles. The SMILES string of the molecule is COc1ccc(CCNC(=NCc2nnc(C)n2C)NCCSc2ccccc2)cc1.I. The van der Waals surface area contributed by atoms with Crippen molar-refractivity contribution in [1.29, 1.82) is 0 Å². The molecule has 0 saturated carbocycles. The molecule has 0 atom stereocenters. The zero-order chi connectivity index (χ0) is 21.9. The molecule has 0 spiro atoms. The van der Waals surface area contributed by atoms with E-state index in [0.717, 1.165) is 48.6 Å². The Morgan fingerprint density at radius 1 is 1.03 bits per heavy atom. The van der Waals surface area contributed by atoms with Crippen molar-refractivity contribution in [3.63, 3.8) is 0 Å². The Labute approximate surface area is 211 Å². The van der Waals surface area contributed by atoms with Crippen molar-refractivity contribution in [2.24, 2.45) is 12.0 Å². The Morgan fingerprint density at radius 2 is 1.75 bits per heavy atom. The van der Waals surface area contributed by atoms with E-state index in [2.05, 4.69) is 57.2 Å². The van der Waals surface area contributed by atoms with E-state index in [1.807, 2.05) is 48.5 Å². The summed E-state index contributed by atoms with van der Waals surface area (Å²) < 4.78 is 7.19. The summed E-state index contributed by atoms with van der Waals surface area (Å²) in [7, 11) is 3.64. The summed E-state index contributed by atoms with van der Waals surface area (Å²) in [6, 6.07) is 18.6. The van der Waals surface area contributed by atoms with E-state index < -0.39 is 0 Å². The number of rotatable bonds is 10. The molecular formula is C23H31IN6OS. The number of aryl methyl sites for hydroxylation is 1. The summed E-state index contributed by atoms with van der Waals surface area (Å²) in [5, 5.41) is 15.2. The van der Waals surface area contributed by atoms with Crippen LogP contribution in [-0.4, -0.2) is 46.7 Å². The maximum atomic E-state index is 5.22. The van der Waals surface area contributed by atoms with E-state index in [9.17, 15) is 0 Å². The number of nitrogens with zero attached hydrogens (tertiary/aromatic N) is 4. The smallest absolute Gasteiger partial charge is 0.191 e. The van der Waals surface area contributed by atoms with Crippen LogP contribution >= 0.6 is 35.7 Å². The lowest BCUT2D eigenvalue weighted by Crippen LogP contribution is -2.39. The molecule has 9 heteroatoms. The minimum Gasteiger partial charge on any atom is -0.497 e. The Bertz CT molecular complexity index is 962. The maximum Gasteiger partial charge on any atom is 0.191 e. The Kier molecular flexibility index (Phi) is 11.4. The summed E-state index contributed by atoms with van der Waals surface area (Å²) in [6.07, 6.45) is 0.895. The number of methoxy groups -OCH3 is 1. The molecule has 0 radical (unpaired) electrons. The lowest BCUT2D eigenvalue weighted by atomic mass is 10.1. The standard InChI is InChI=1S/C23H30N6OS.HI/c1-18-27-28-22(29(18)2)17-26-23(25-15-16-31-21-7-5-4-6-8-21)24-14-13-19-9-11-20(30-3)12-10-19;/h4-12H,13-17H2,1-3H3,(H2,24,25,26);1H. The van der Waals surface area contributed by atoms with Crippen LogP contribution in [0.5, 0.6) is 5.75 Å². The van der Waals surface area contributed by atoms with Crippen molar-refractivity contribution in [3.05, 3.63) is 71.8 Å². The number of aliphatic imine (C=N–C) groups is 1. The van der Waals surface area contributed by atoms with E-state index >= 15 is 0 Å². The zero-order valence-electron chi connectivity index (χ0n) is 18.7. The van der Waals surface area contributed by atoms with Gasteiger partial charge in [0.15, 0.2) is 11.8 Å². The molecule has 7 nitrogen and oxygen atoms in total. The molecule has 172 valence electrons. The molecular weight excluding hydrogens is 535 g/mol. The third kappa shape index (κ3) is 8.34. The molecule has 1 heterocycles. The number of hydrogen-bond donors (Lipinski definition) is 2. The molecule has 0 saturated heterocycles. The molecule has 0 fully saturated rings. The molecule has 0 bridgehead atoms. The first-order valence-corrected chi connectivity index (χ1v) is 11.3. The summed E-state index contributed by atoms with van der Waals surface area (Å²) >= 11 is 1.82. The average Bonchev–Trinajstić information content (AvgIpc) is 3.13. The van der Waals surface area contributed by atoms with Crippen molar-refractivity contribution >= 4 is 41.7 Å². The predicted molar refractivity (Wildman–Crippen MR) is 142 cm³/mol. The monoisotopic (exact) mass is 566 g/mol. The summed E-state index contributed by atoms with van der Waals surface area (Å²) in [4.78, 5) is 5.98. The number of benzene rings is 2. The second kappa shape index (κ2) is 14.0. The van der Waals surface area contributed by atoms with Crippen LogP contribution in [0, 0.1) is 6.92 Å². The fourth-order valence-corrected chi connectivity index (χ4v) is 3.67. The normalized spacial score (nSPS) is 11.0. The fourth-order valence-electron chi connectivity index (χ4n) is 2.89. The summed E-state index contributed by atoms with van der Waals surface area (Å²) in [6.45, 7) is 4.00. The highest BCUT2D eigenvalue weighted by atomic mass is 127. The Hall–Kier alpha value is -2.27. The first-order valence-electron chi connectivity index (χ1n) is 10.3. The van der Waals surface area contributed by atoms with E-state index in [-0.39, 0.29) is 24.0 Å². The molecule has 0 amide bonds. The van der Waals surface area contributed by atoms with Gasteiger partial charge in [-0.2, -0.15) is 0 Å². The number of thioether (sulfide) groups is 1. The summed E-state index contributed by atoms with van der Waals surface area (Å²) in [5.74, 6) is 4.32.